The summed E-state index contributed by atoms with van der Waals surface area (Å²) in [7, 11) is 0. The number of aryl methyl sites for hydroxylation is 2. The molecule has 2 aromatic heterocycles. The molecule has 3 aliphatic rings. The van der Waals surface area contributed by atoms with Crippen LogP contribution in [0.25, 0.3) is 0 Å². The fourth-order valence-corrected chi connectivity index (χ4v) is 5.89. The molecule has 2 aliphatic carbocycles. The highest BCUT2D eigenvalue weighted by atomic mass is 35.5. The van der Waals surface area contributed by atoms with Gasteiger partial charge in [-0.3, -0.25) is 0 Å². The van der Waals surface area contributed by atoms with Crippen LogP contribution in [0.15, 0.2) is 48.5 Å². The van der Waals surface area contributed by atoms with Crippen LogP contribution in [0, 0.1) is 13.8 Å². The largest absolute Gasteiger partial charge is 0.434 e. The summed E-state index contributed by atoms with van der Waals surface area (Å²) in [5.74, 6) is 2.33. The summed E-state index contributed by atoms with van der Waals surface area (Å²) >= 11 is 12.2. The molecule has 12 nitrogen and oxygen atoms in total. The highest BCUT2D eigenvalue weighted by Gasteiger charge is 2.32. The van der Waals surface area contributed by atoms with E-state index in [0.717, 1.165) is 47.9 Å². The van der Waals surface area contributed by atoms with Gasteiger partial charge in [-0.1, -0.05) is 59.6 Å². The molecular weight excluding hydrogens is 659 g/mol. The molecule has 0 unspecified atom stereocenters. The first-order valence-electron chi connectivity index (χ1n) is 15.8. The maximum absolute atomic E-state index is 13.2. The van der Waals surface area contributed by atoms with Gasteiger partial charge in [0.25, 0.3) is 11.8 Å². The van der Waals surface area contributed by atoms with Gasteiger partial charge < -0.3 is 28.7 Å². The zero-order valence-electron chi connectivity index (χ0n) is 26.3. The second-order valence-electron chi connectivity index (χ2n) is 12.1. The van der Waals surface area contributed by atoms with Crippen molar-refractivity contribution in [3.05, 3.63) is 81.1 Å². The molecule has 3 fully saturated rings. The molecule has 7 rings (SSSR count). The molecule has 0 bridgehead atoms. The monoisotopic (exact) mass is 690 g/mol. The minimum absolute atomic E-state index is 0.0313. The summed E-state index contributed by atoms with van der Waals surface area (Å²) in [4.78, 5) is 29.4. The first-order valence-corrected chi connectivity index (χ1v) is 16.5. The maximum Gasteiger partial charge on any atom is 0.415 e. The van der Waals surface area contributed by atoms with E-state index < -0.39 is 12.2 Å². The number of halogens is 2. The van der Waals surface area contributed by atoms with Crippen molar-refractivity contribution < 1.29 is 28.5 Å². The van der Waals surface area contributed by atoms with Gasteiger partial charge in [0.05, 0.1) is 0 Å². The number of carbonyl (C=O) groups is 2. The number of nitrogens with zero attached hydrogens (tertiary/aromatic N) is 6. The van der Waals surface area contributed by atoms with E-state index in [0.29, 0.717) is 23.3 Å². The van der Waals surface area contributed by atoms with E-state index in [2.05, 4.69) is 20.4 Å². The van der Waals surface area contributed by atoms with Crippen molar-refractivity contribution in [2.45, 2.75) is 51.4 Å². The Bertz CT molecular complexity index is 1740. The fraction of sp³-hybridized carbons (Fsp3) is 0.353. The molecule has 2 amide bonds. The molecule has 3 heterocycles. The Morgan fingerprint density at radius 3 is 1.42 bits per heavy atom. The molecule has 4 aromatic rings. The van der Waals surface area contributed by atoms with Crippen molar-refractivity contribution in [1.82, 2.24) is 30.2 Å². The third-order valence-electron chi connectivity index (χ3n) is 8.50. The van der Waals surface area contributed by atoms with Crippen LogP contribution in [-0.2, 0) is 0 Å². The Balaban J connectivity index is 0.993. The molecule has 2 aromatic carbocycles. The zero-order valence-corrected chi connectivity index (χ0v) is 27.8. The Hall–Kier alpha value is -4.68. The SMILES string of the molecule is Cc1cccc(C2CC2)c1Oc1nnc(Cl)cc1OC(=O)N1CCN(C(=O)Oc2cc(Cl)nnc2Oc2c(C)cccc2C2CC2)CC1. The Kier molecular flexibility index (Phi) is 8.93. The maximum atomic E-state index is 13.2. The molecular formula is C34H32Cl2N6O6. The summed E-state index contributed by atoms with van der Waals surface area (Å²) in [6, 6.07) is 14.7. The van der Waals surface area contributed by atoms with Gasteiger partial charge in [-0.15, -0.1) is 20.4 Å². The number of piperazine rings is 1. The Morgan fingerprint density at radius 2 is 1.04 bits per heavy atom. The lowest BCUT2D eigenvalue weighted by Gasteiger charge is -2.33. The first kappa shape index (κ1) is 31.9. The molecule has 1 aliphatic heterocycles. The average Bonchev–Trinajstić information content (AvgIpc) is 4.00. The lowest BCUT2D eigenvalue weighted by molar-refractivity contribution is 0.0998. The van der Waals surface area contributed by atoms with E-state index in [1.165, 1.54) is 21.9 Å². The van der Waals surface area contributed by atoms with Crippen LogP contribution in [0.2, 0.25) is 10.3 Å². The third kappa shape index (κ3) is 7.09. The van der Waals surface area contributed by atoms with Gasteiger partial charge in [-0.05, 0) is 73.6 Å². The topological polar surface area (TPSA) is 129 Å². The van der Waals surface area contributed by atoms with Crippen LogP contribution in [-0.4, -0.2) is 68.6 Å². The quantitative estimate of drug-likeness (QED) is 0.180. The van der Waals surface area contributed by atoms with Gasteiger partial charge in [0, 0.05) is 38.3 Å². The molecule has 48 heavy (non-hydrogen) atoms. The van der Waals surface area contributed by atoms with Gasteiger partial charge >= 0.3 is 12.2 Å². The zero-order chi connectivity index (χ0) is 33.4. The van der Waals surface area contributed by atoms with Crippen LogP contribution >= 0.6 is 23.2 Å². The number of para-hydroxylation sites is 2. The third-order valence-corrected chi connectivity index (χ3v) is 8.87. The number of ether oxygens (including phenoxy) is 4. The van der Waals surface area contributed by atoms with E-state index in [-0.39, 0.29) is 59.7 Å². The van der Waals surface area contributed by atoms with Gasteiger partial charge in [0.2, 0.25) is 0 Å². The minimum atomic E-state index is -0.644. The van der Waals surface area contributed by atoms with E-state index in [4.69, 9.17) is 42.1 Å². The molecule has 0 atom stereocenters. The molecule has 1 saturated heterocycles. The smallest absolute Gasteiger partial charge is 0.415 e. The van der Waals surface area contributed by atoms with E-state index in [1.54, 1.807) is 0 Å². The number of carbonyl (C=O) groups excluding carboxylic acids is 2. The fourth-order valence-electron chi connectivity index (χ4n) is 5.61. The van der Waals surface area contributed by atoms with Crippen LogP contribution in [0.4, 0.5) is 9.59 Å². The van der Waals surface area contributed by atoms with Crippen LogP contribution in [0.1, 0.15) is 59.8 Å². The molecule has 2 saturated carbocycles. The van der Waals surface area contributed by atoms with Crippen molar-refractivity contribution >= 4 is 35.4 Å². The summed E-state index contributed by atoms with van der Waals surface area (Å²) < 4.78 is 23.8. The second-order valence-corrected chi connectivity index (χ2v) is 12.9. The van der Waals surface area contributed by atoms with Crippen LogP contribution < -0.4 is 18.9 Å². The van der Waals surface area contributed by atoms with Gasteiger partial charge in [-0.2, -0.15) is 0 Å². The molecule has 0 spiro atoms. The van der Waals surface area contributed by atoms with Gasteiger partial charge in [0.1, 0.15) is 11.5 Å². The lowest BCUT2D eigenvalue weighted by Crippen LogP contribution is -2.52. The van der Waals surface area contributed by atoms with Crippen molar-refractivity contribution in [1.29, 1.82) is 0 Å². The molecule has 0 radical (unpaired) electrons. The summed E-state index contributed by atoms with van der Waals surface area (Å²) in [5.41, 5.74) is 4.01. The number of benzene rings is 2. The highest BCUT2D eigenvalue weighted by Crippen LogP contribution is 2.48. The lowest BCUT2D eigenvalue weighted by atomic mass is 10.1. The summed E-state index contributed by atoms with van der Waals surface area (Å²) in [6.45, 7) is 4.64. The number of amides is 2. The predicted molar refractivity (Wildman–Crippen MR) is 176 cm³/mol. The molecule has 14 heteroatoms. The highest BCUT2D eigenvalue weighted by molar-refractivity contribution is 6.29. The van der Waals surface area contributed by atoms with Crippen molar-refractivity contribution in [3.63, 3.8) is 0 Å². The average molecular weight is 692 g/mol. The number of hydrogen-bond acceptors (Lipinski definition) is 10. The van der Waals surface area contributed by atoms with Crippen LogP contribution in [0.5, 0.6) is 34.8 Å². The van der Waals surface area contributed by atoms with Crippen molar-refractivity contribution in [2.75, 3.05) is 26.2 Å². The van der Waals surface area contributed by atoms with E-state index in [1.807, 2.05) is 50.2 Å². The molecule has 248 valence electrons. The number of rotatable bonds is 8. The standard InChI is InChI=1S/C34H32Cl2N6O6/c1-19-5-3-7-23(21-9-10-21)29(19)47-31-25(17-27(35)37-39-31)45-33(43)41-13-15-42(16-14-41)34(44)46-26-18-28(36)38-40-32(26)48-30-20(2)6-4-8-24(30)22-11-12-22/h3-8,17-18,21-22H,9-16H2,1-2H3. The van der Waals surface area contributed by atoms with E-state index >= 15 is 0 Å². The number of hydrogen-bond donors (Lipinski definition) is 0. The van der Waals surface area contributed by atoms with E-state index in [9.17, 15) is 9.59 Å². The summed E-state index contributed by atoms with van der Waals surface area (Å²) in [5, 5.41) is 16.0. The van der Waals surface area contributed by atoms with Crippen molar-refractivity contribution in [2.24, 2.45) is 0 Å². The minimum Gasteiger partial charge on any atom is -0.434 e. The van der Waals surface area contributed by atoms with Gasteiger partial charge in [0.15, 0.2) is 21.8 Å². The second kappa shape index (κ2) is 13.4. The summed E-state index contributed by atoms with van der Waals surface area (Å²) in [6.07, 6.45) is 3.06. The predicted octanol–water partition coefficient (Wildman–Crippen LogP) is 7.85. The Labute approximate surface area is 286 Å². The van der Waals surface area contributed by atoms with Crippen molar-refractivity contribution in [3.8, 4) is 34.8 Å². The first-order chi connectivity index (χ1) is 23.2. The Morgan fingerprint density at radius 1 is 0.646 bits per heavy atom. The molecule has 0 N–H and O–H groups in total. The van der Waals surface area contributed by atoms with Gasteiger partial charge in [-0.25, -0.2) is 9.59 Å². The normalized spacial score (nSPS) is 16.0. The number of aromatic nitrogens is 4. The van der Waals surface area contributed by atoms with Crippen LogP contribution in [0.3, 0.4) is 0 Å².